The van der Waals surface area contributed by atoms with E-state index < -0.39 is 27.6 Å². The van der Waals surface area contributed by atoms with Crippen molar-refractivity contribution >= 4 is 21.0 Å². The van der Waals surface area contributed by atoms with Crippen molar-refractivity contribution < 1.29 is 30.4 Å². The van der Waals surface area contributed by atoms with Crippen molar-refractivity contribution in [3.05, 3.63) is 48.0 Å². The summed E-state index contributed by atoms with van der Waals surface area (Å²) in [4.78, 5) is 12.7. The molecule has 0 saturated heterocycles. The number of fused-ring (bicyclic) bond motifs is 1. The minimum atomic E-state index is -5.88. The monoisotopic (exact) mass is 538 g/mol. The fraction of sp³-hybridized carbons (Fsp3) is 0.348. The summed E-state index contributed by atoms with van der Waals surface area (Å²) in [5, 5.41) is 6.55. The minimum Gasteiger partial charge on any atom is -0.309 e. The normalized spacial score (nSPS) is 14.9. The van der Waals surface area contributed by atoms with E-state index in [4.69, 9.17) is 0 Å². The lowest BCUT2D eigenvalue weighted by Gasteiger charge is -2.17. The molecule has 0 radical (unpaired) electrons. The molecule has 1 saturated carbocycles. The van der Waals surface area contributed by atoms with Gasteiger partial charge in [0.05, 0.1) is 10.6 Å². The van der Waals surface area contributed by atoms with E-state index in [0.717, 1.165) is 18.5 Å². The first-order valence-corrected chi connectivity index (χ1v) is 12.8. The quantitative estimate of drug-likeness (QED) is 0.325. The summed E-state index contributed by atoms with van der Waals surface area (Å²) in [7, 11) is -2.46. The molecule has 0 unspecified atom stereocenters. The minimum absolute atomic E-state index is 0.0856. The molecule has 14 heteroatoms. The van der Waals surface area contributed by atoms with Crippen LogP contribution in [0.25, 0.3) is 33.8 Å². The van der Waals surface area contributed by atoms with Gasteiger partial charge in [0.2, 0.25) is 0 Å². The number of sulfone groups is 1. The fourth-order valence-corrected chi connectivity index (χ4v) is 4.91. The van der Waals surface area contributed by atoms with Gasteiger partial charge in [-0.3, -0.25) is 9.97 Å². The molecule has 4 aromatic rings. The molecule has 4 heterocycles. The average Bonchev–Trinajstić information content (AvgIpc) is 3.66. The smallest absolute Gasteiger partial charge is 0.309 e. The Morgan fingerprint density at radius 2 is 1.70 bits per heavy atom. The molecule has 194 valence electrons. The summed E-state index contributed by atoms with van der Waals surface area (Å²) in [6, 6.07) is 5.61. The van der Waals surface area contributed by atoms with Crippen LogP contribution in [0.2, 0.25) is 0 Å². The summed E-state index contributed by atoms with van der Waals surface area (Å²) in [6.45, 7) is 1.45. The maximum absolute atomic E-state index is 13.8. The molecular formula is C23H19F5N6O2S. The molecule has 1 fully saturated rings. The summed E-state index contributed by atoms with van der Waals surface area (Å²) >= 11 is 0. The second-order valence-corrected chi connectivity index (χ2v) is 11.0. The maximum Gasteiger partial charge on any atom is 0.459 e. The van der Waals surface area contributed by atoms with E-state index in [1.165, 1.54) is 30.8 Å². The van der Waals surface area contributed by atoms with Crippen molar-refractivity contribution in [2.24, 2.45) is 7.05 Å². The van der Waals surface area contributed by atoms with Gasteiger partial charge in [0.25, 0.3) is 0 Å². The van der Waals surface area contributed by atoms with E-state index in [9.17, 15) is 30.4 Å². The standard InChI is InChI=1S/C23H19F5N6O2S/c1-3-37(35,36)17-8-14(13-6-7-15(29-10-13)12-4-5-12)11-30-19(17)21-31-16-9-18(22(24,25)23(26,27)28)32-33-20(16)34(21)2/h6-12H,3-5H2,1-2H3. The van der Waals surface area contributed by atoms with Crippen molar-refractivity contribution in [1.82, 2.24) is 29.7 Å². The third-order valence-corrected chi connectivity index (χ3v) is 7.93. The molecule has 37 heavy (non-hydrogen) atoms. The molecule has 0 aliphatic heterocycles. The summed E-state index contributed by atoms with van der Waals surface area (Å²) in [6.07, 6.45) is -0.650. The molecule has 0 N–H and O–H groups in total. The van der Waals surface area contributed by atoms with E-state index in [0.29, 0.717) is 23.1 Å². The number of aryl methyl sites for hydroxylation is 1. The van der Waals surface area contributed by atoms with E-state index in [1.54, 1.807) is 6.20 Å². The van der Waals surface area contributed by atoms with Crippen LogP contribution in [-0.2, 0) is 22.8 Å². The van der Waals surface area contributed by atoms with Crippen LogP contribution < -0.4 is 0 Å². The molecule has 0 spiro atoms. The van der Waals surface area contributed by atoms with Gasteiger partial charge in [0, 0.05) is 42.2 Å². The fourth-order valence-electron chi connectivity index (χ4n) is 3.86. The van der Waals surface area contributed by atoms with E-state index in [1.807, 2.05) is 12.1 Å². The van der Waals surface area contributed by atoms with Crippen molar-refractivity contribution in [1.29, 1.82) is 0 Å². The van der Waals surface area contributed by atoms with Gasteiger partial charge in [-0.25, -0.2) is 13.4 Å². The predicted molar refractivity (Wildman–Crippen MR) is 122 cm³/mol. The Bertz CT molecular complexity index is 1610. The lowest BCUT2D eigenvalue weighted by molar-refractivity contribution is -0.291. The second-order valence-electron chi connectivity index (χ2n) is 8.73. The van der Waals surface area contributed by atoms with Crippen molar-refractivity contribution in [3.8, 4) is 22.6 Å². The first-order valence-electron chi connectivity index (χ1n) is 11.2. The highest BCUT2D eigenvalue weighted by atomic mass is 32.2. The number of hydrogen-bond donors (Lipinski definition) is 0. The Morgan fingerprint density at radius 1 is 1.00 bits per heavy atom. The largest absolute Gasteiger partial charge is 0.459 e. The maximum atomic E-state index is 13.8. The molecule has 0 amide bonds. The molecule has 0 bridgehead atoms. The lowest BCUT2D eigenvalue weighted by atomic mass is 10.1. The van der Waals surface area contributed by atoms with Gasteiger partial charge < -0.3 is 4.57 Å². The highest BCUT2D eigenvalue weighted by molar-refractivity contribution is 7.91. The third-order valence-electron chi connectivity index (χ3n) is 6.19. The molecule has 1 aliphatic rings. The van der Waals surface area contributed by atoms with E-state index >= 15 is 0 Å². The van der Waals surface area contributed by atoms with Crippen LogP contribution in [0.3, 0.4) is 0 Å². The van der Waals surface area contributed by atoms with Crippen molar-refractivity contribution in [2.75, 3.05) is 5.75 Å². The summed E-state index contributed by atoms with van der Waals surface area (Å²) < 4.78 is 93.3. The molecule has 0 aromatic carbocycles. The Labute approximate surface area is 207 Å². The Hall–Kier alpha value is -3.55. The van der Waals surface area contributed by atoms with Crippen LogP contribution in [0.5, 0.6) is 0 Å². The van der Waals surface area contributed by atoms with Gasteiger partial charge in [0.15, 0.2) is 21.3 Å². The predicted octanol–water partition coefficient (Wildman–Crippen LogP) is 4.81. The molecule has 5 rings (SSSR count). The Balaban J connectivity index is 1.63. The summed E-state index contributed by atoms with van der Waals surface area (Å²) in [5.41, 5.74) is -0.0747. The van der Waals surface area contributed by atoms with Crippen LogP contribution in [0.1, 0.15) is 37.1 Å². The van der Waals surface area contributed by atoms with Gasteiger partial charge in [-0.15, -0.1) is 10.2 Å². The van der Waals surface area contributed by atoms with Crippen LogP contribution in [0.15, 0.2) is 41.6 Å². The average molecular weight is 539 g/mol. The number of rotatable bonds is 6. The van der Waals surface area contributed by atoms with Crippen molar-refractivity contribution in [2.45, 2.75) is 42.7 Å². The van der Waals surface area contributed by atoms with Gasteiger partial charge in [0.1, 0.15) is 16.9 Å². The lowest BCUT2D eigenvalue weighted by Crippen LogP contribution is -2.34. The van der Waals surface area contributed by atoms with Gasteiger partial charge in [-0.2, -0.15) is 22.0 Å². The first kappa shape index (κ1) is 25.1. The number of aromatic nitrogens is 6. The second kappa shape index (κ2) is 8.50. The summed E-state index contributed by atoms with van der Waals surface area (Å²) in [5.74, 6) is -5.15. The molecule has 8 nitrogen and oxygen atoms in total. The SMILES string of the molecule is CCS(=O)(=O)c1cc(-c2ccc(C3CC3)nc2)cnc1-c1nc2cc(C(F)(F)C(F)(F)F)nnc2n1C. The highest BCUT2D eigenvalue weighted by Gasteiger charge is 2.60. The third kappa shape index (κ3) is 4.32. The molecule has 1 aliphatic carbocycles. The molecule has 0 atom stereocenters. The molecular weight excluding hydrogens is 519 g/mol. The molecule has 4 aromatic heterocycles. The van der Waals surface area contributed by atoms with Gasteiger partial charge in [-0.05, 0) is 31.0 Å². The van der Waals surface area contributed by atoms with Gasteiger partial charge >= 0.3 is 12.1 Å². The number of hydrogen-bond acceptors (Lipinski definition) is 7. The van der Waals surface area contributed by atoms with Crippen LogP contribution in [0.4, 0.5) is 22.0 Å². The number of imidazole rings is 1. The topological polar surface area (TPSA) is 104 Å². The van der Waals surface area contributed by atoms with E-state index in [2.05, 4.69) is 25.1 Å². The van der Waals surface area contributed by atoms with Gasteiger partial charge in [-0.1, -0.05) is 13.0 Å². The number of pyridine rings is 2. The number of nitrogens with zero attached hydrogens (tertiary/aromatic N) is 6. The van der Waals surface area contributed by atoms with Crippen molar-refractivity contribution in [3.63, 3.8) is 0 Å². The number of halogens is 5. The Kier molecular flexibility index (Phi) is 5.77. The first-order chi connectivity index (χ1) is 17.3. The van der Waals surface area contributed by atoms with Crippen LogP contribution in [-0.4, -0.2) is 50.1 Å². The zero-order chi connectivity index (χ0) is 26.8. The van der Waals surface area contributed by atoms with Crippen LogP contribution in [0, 0.1) is 0 Å². The zero-order valence-electron chi connectivity index (χ0n) is 19.5. The van der Waals surface area contributed by atoms with Crippen LogP contribution >= 0.6 is 0 Å². The Morgan fingerprint density at radius 3 is 2.30 bits per heavy atom. The number of alkyl halides is 5. The zero-order valence-corrected chi connectivity index (χ0v) is 20.3. The highest BCUT2D eigenvalue weighted by Crippen LogP contribution is 2.43. The van der Waals surface area contributed by atoms with E-state index in [-0.39, 0.29) is 33.3 Å².